The van der Waals surface area contributed by atoms with Gasteiger partial charge in [0.15, 0.2) is 0 Å². The quantitative estimate of drug-likeness (QED) is 0.540. The first-order valence-corrected chi connectivity index (χ1v) is 5.33. The third-order valence-electron chi connectivity index (χ3n) is 2.36. The summed E-state index contributed by atoms with van der Waals surface area (Å²) >= 11 is 0. The molecular weight excluding hydrogens is 192 g/mol. The molecule has 0 aliphatic heterocycles. The van der Waals surface area contributed by atoms with Gasteiger partial charge in [-0.1, -0.05) is 6.08 Å². The number of nitrogens with two attached hydrogens (primary N) is 1. The highest BCUT2D eigenvalue weighted by Gasteiger charge is 2.08. The minimum absolute atomic E-state index is 0.153. The average Bonchev–Trinajstić information content (AvgIpc) is 2.27. The molecule has 0 amide bonds. The van der Waals surface area contributed by atoms with E-state index in [2.05, 4.69) is 11.5 Å². The number of ether oxygens (including phenoxy) is 2. The van der Waals surface area contributed by atoms with E-state index in [0.29, 0.717) is 6.54 Å². The maximum absolute atomic E-state index is 5.56. The minimum atomic E-state index is 0.153. The fourth-order valence-corrected chi connectivity index (χ4v) is 1.36. The molecule has 4 nitrogen and oxygen atoms in total. The molecule has 15 heavy (non-hydrogen) atoms. The highest BCUT2D eigenvalue weighted by Crippen LogP contribution is 1.99. The van der Waals surface area contributed by atoms with Crippen molar-refractivity contribution in [3.8, 4) is 0 Å². The maximum Gasteiger partial charge on any atom is 0.0705 e. The van der Waals surface area contributed by atoms with E-state index < -0.39 is 0 Å². The molecule has 0 aliphatic carbocycles. The van der Waals surface area contributed by atoms with E-state index >= 15 is 0 Å². The van der Waals surface area contributed by atoms with Gasteiger partial charge in [-0.05, 0) is 6.42 Å². The first kappa shape index (κ1) is 14.6. The molecule has 0 rings (SSSR count). The molecule has 1 atom stereocenters. The molecule has 0 aromatic carbocycles. The molecule has 0 fully saturated rings. The van der Waals surface area contributed by atoms with Crippen molar-refractivity contribution in [2.75, 3.05) is 47.0 Å². The largest absolute Gasteiger partial charge is 0.383 e. The van der Waals surface area contributed by atoms with Crippen molar-refractivity contribution in [3.63, 3.8) is 0 Å². The lowest BCUT2D eigenvalue weighted by atomic mass is 10.2. The van der Waals surface area contributed by atoms with E-state index in [0.717, 1.165) is 32.7 Å². The molecule has 0 radical (unpaired) electrons. The van der Waals surface area contributed by atoms with E-state index in [9.17, 15) is 0 Å². The van der Waals surface area contributed by atoms with Crippen molar-refractivity contribution in [2.24, 2.45) is 5.73 Å². The molecule has 4 heteroatoms. The van der Waals surface area contributed by atoms with Gasteiger partial charge >= 0.3 is 0 Å². The standard InChI is InChI=1S/C11H24N2O2/c1-4-6-13(8-9-14-2)7-5-11(10-12)15-3/h4,11H,1,5-10,12H2,2-3H3. The fraction of sp³-hybridized carbons (Fsp3) is 0.818. The summed E-state index contributed by atoms with van der Waals surface area (Å²) in [5.74, 6) is 0. The molecule has 0 aliphatic rings. The van der Waals surface area contributed by atoms with Crippen molar-refractivity contribution in [3.05, 3.63) is 12.7 Å². The summed E-state index contributed by atoms with van der Waals surface area (Å²) in [6.45, 7) is 7.82. The summed E-state index contributed by atoms with van der Waals surface area (Å²) < 4.78 is 10.3. The van der Waals surface area contributed by atoms with Crippen LogP contribution >= 0.6 is 0 Å². The van der Waals surface area contributed by atoms with E-state index in [-0.39, 0.29) is 6.10 Å². The summed E-state index contributed by atoms with van der Waals surface area (Å²) in [6.07, 6.45) is 3.00. The molecule has 1 unspecified atom stereocenters. The molecule has 90 valence electrons. The minimum Gasteiger partial charge on any atom is -0.383 e. The van der Waals surface area contributed by atoms with Crippen molar-refractivity contribution >= 4 is 0 Å². The van der Waals surface area contributed by atoms with Crippen LogP contribution in [0.2, 0.25) is 0 Å². The Bertz CT molecular complexity index is 150. The van der Waals surface area contributed by atoms with Crippen molar-refractivity contribution in [2.45, 2.75) is 12.5 Å². The summed E-state index contributed by atoms with van der Waals surface area (Å²) in [4.78, 5) is 2.28. The van der Waals surface area contributed by atoms with Crippen molar-refractivity contribution in [1.29, 1.82) is 0 Å². The second-order valence-corrected chi connectivity index (χ2v) is 3.46. The number of hydrogen-bond acceptors (Lipinski definition) is 4. The van der Waals surface area contributed by atoms with Crippen LogP contribution in [0.25, 0.3) is 0 Å². The van der Waals surface area contributed by atoms with Crippen LogP contribution in [0.5, 0.6) is 0 Å². The van der Waals surface area contributed by atoms with Gasteiger partial charge in [-0.3, -0.25) is 4.90 Å². The Kier molecular flexibility index (Phi) is 9.83. The Morgan fingerprint density at radius 3 is 2.60 bits per heavy atom. The van der Waals surface area contributed by atoms with Crippen LogP contribution in [0.1, 0.15) is 6.42 Å². The second kappa shape index (κ2) is 10.1. The fourth-order valence-electron chi connectivity index (χ4n) is 1.36. The summed E-state index contributed by atoms with van der Waals surface area (Å²) in [6, 6.07) is 0. The maximum atomic E-state index is 5.56. The summed E-state index contributed by atoms with van der Waals surface area (Å²) in [7, 11) is 3.41. The van der Waals surface area contributed by atoms with Crippen LogP contribution < -0.4 is 5.73 Å². The molecule has 2 N–H and O–H groups in total. The number of rotatable bonds is 10. The smallest absolute Gasteiger partial charge is 0.0705 e. The van der Waals surface area contributed by atoms with Gasteiger partial charge in [-0.2, -0.15) is 0 Å². The molecule has 0 spiro atoms. The van der Waals surface area contributed by atoms with Crippen LogP contribution in [0.4, 0.5) is 0 Å². The Morgan fingerprint density at radius 2 is 2.13 bits per heavy atom. The zero-order valence-corrected chi connectivity index (χ0v) is 9.95. The average molecular weight is 216 g/mol. The Morgan fingerprint density at radius 1 is 1.40 bits per heavy atom. The van der Waals surface area contributed by atoms with Gasteiger partial charge in [0.1, 0.15) is 0 Å². The normalized spacial score (nSPS) is 13.1. The first-order valence-electron chi connectivity index (χ1n) is 5.33. The zero-order valence-electron chi connectivity index (χ0n) is 9.95. The highest BCUT2D eigenvalue weighted by molar-refractivity contribution is 4.74. The molecular formula is C11H24N2O2. The van der Waals surface area contributed by atoms with Crippen LogP contribution in [-0.2, 0) is 9.47 Å². The van der Waals surface area contributed by atoms with Gasteiger partial charge in [0.05, 0.1) is 12.7 Å². The molecule has 0 saturated carbocycles. The SMILES string of the molecule is C=CCN(CCOC)CCC(CN)OC. The predicted octanol–water partition coefficient (Wildman–Crippen LogP) is 0.485. The van der Waals surface area contributed by atoms with Gasteiger partial charge in [0, 0.05) is 40.4 Å². The molecule has 0 saturated heterocycles. The molecule has 0 aromatic rings. The van der Waals surface area contributed by atoms with Gasteiger partial charge in [0.25, 0.3) is 0 Å². The topological polar surface area (TPSA) is 47.7 Å². The Balaban J connectivity index is 3.77. The van der Waals surface area contributed by atoms with Crippen molar-refractivity contribution < 1.29 is 9.47 Å². The number of hydrogen-bond donors (Lipinski definition) is 1. The van der Waals surface area contributed by atoms with E-state index in [1.54, 1.807) is 14.2 Å². The van der Waals surface area contributed by atoms with E-state index in [1.807, 2.05) is 6.08 Å². The van der Waals surface area contributed by atoms with Crippen LogP contribution in [0, 0.1) is 0 Å². The molecule has 0 heterocycles. The van der Waals surface area contributed by atoms with Crippen molar-refractivity contribution in [1.82, 2.24) is 4.90 Å². The summed E-state index contributed by atoms with van der Waals surface area (Å²) in [5, 5.41) is 0. The first-order chi connectivity index (χ1) is 7.28. The monoisotopic (exact) mass is 216 g/mol. The third-order valence-corrected chi connectivity index (χ3v) is 2.36. The van der Waals surface area contributed by atoms with Gasteiger partial charge in [-0.15, -0.1) is 6.58 Å². The van der Waals surface area contributed by atoms with Gasteiger partial charge < -0.3 is 15.2 Å². The highest BCUT2D eigenvalue weighted by atomic mass is 16.5. The number of methoxy groups -OCH3 is 2. The Hall–Kier alpha value is -0.420. The lowest BCUT2D eigenvalue weighted by Crippen LogP contribution is -2.33. The van der Waals surface area contributed by atoms with Gasteiger partial charge in [-0.25, -0.2) is 0 Å². The van der Waals surface area contributed by atoms with E-state index in [4.69, 9.17) is 15.2 Å². The van der Waals surface area contributed by atoms with Crippen LogP contribution in [0.15, 0.2) is 12.7 Å². The zero-order chi connectivity index (χ0) is 11.5. The predicted molar refractivity (Wildman–Crippen MR) is 63.0 cm³/mol. The molecule has 0 aromatic heterocycles. The van der Waals surface area contributed by atoms with E-state index in [1.165, 1.54) is 0 Å². The Labute approximate surface area is 93.0 Å². The van der Waals surface area contributed by atoms with Gasteiger partial charge in [0.2, 0.25) is 0 Å². The summed E-state index contributed by atoms with van der Waals surface area (Å²) in [5.41, 5.74) is 5.56. The van der Waals surface area contributed by atoms with Crippen LogP contribution in [0.3, 0.4) is 0 Å². The lowest BCUT2D eigenvalue weighted by molar-refractivity contribution is 0.0850. The molecule has 0 bridgehead atoms. The third kappa shape index (κ3) is 7.50. The lowest BCUT2D eigenvalue weighted by Gasteiger charge is -2.22. The number of nitrogens with zero attached hydrogens (tertiary/aromatic N) is 1. The van der Waals surface area contributed by atoms with Crippen LogP contribution in [-0.4, -0.2) is 58.0 Å². The second-order valence-electron chi connectivity index (χ2n) is 3.46.